The molecule has 0 saturated carbocycles. The van der Waals surface area contributed by atoms with Crippen molar-refractivity contribution < 1.29 is 13.2 Å². The molecule has 1 amide bonds. The van der Waals surface area contributed by atoms with E-state index in [-0.39, 0.29) is 16.8 Å². The minimum atomic E-state index is -3.74. The zero-order valence-electron chi connectivity index (χ0n) is 14.9. The first-order valence-corrected chi connectivity index (χ1v) is 10.1. The van der Waals surface area contributed by atoms with Crippen LogP contribution in [0.1, 0.15) is 24.5 Å². The molecule has 2 aromatic carbocycles. The summed E-state index contributed by atoms with van der Waals surface area (Å²) in [5.41, 5.74) is 4.13. The average Bonchev–Trinajstić information content (AvgIpc) is 2.60. The maximum atomic E-state index is 12.7. The van der Waals surface area contributed by atoms with Crippen LogP contribution in [-0.4, -0.2) is 26.9 Å². The van der Waals surface area contributed by atoms with Gasteiger partial charge in [-0.1, -0.05) is 17.7 Å². The van der Waals surface area contributed by atoms with Crippen molar-refractivity contribution in [3.63, 3.8) is 0 Å². The van der Waals surface area contributed by atoms with Crippen LogP contribution in [0.25, 0.3) is 0 Å². The molecule has 7 heteroatoms. The van der Waals surface area contributed by atoms with Crippen LogP contribution in [0.3, 0.4) is 0 Å². The third-order valence-corrected chi connectivity index (χ3v) is 5.62. The Bertz CT molecular complexity index is 924. The molecule has 0 unspecified atom stereocenters. The number of fused-ring (bicyclic) bond motifs is 1. The summed E-state index contributed by atoms with van der Waals surface area (Å²) in [5.74, 6) is -0.137. The number of benzene rings is 2. The van der Waals surface area contributed by atoms with Crippen molar-refractivity contribution in [2.45, 2.75) is 37.6 Å². The molecule has 1 aliphatic heterocycles. The van der Waals surface area contributed by atoms with Gasteiger partial charge in [-0.15, -0.1) is 0 Å². The number of nitrogens with zero attached hydrogens (tertiary/aromatic N) is 1. The van der Waals surface area contributed by atoms with Crippen LogP contribution in [-0.2, 0) is 21.2 Å². The second-order valence-electron chi connectivity index (χ2n) is 6.66. The molecule has 3 N–H and O–H groups in total. The van der Waals surface area contributed by atoms with Gasteiger partial charge in [0.2, 0.25) is 15.9 Å². The summed E-state index contributed by atoms with van der Waals surface area (Å²) in [4.78, 5) is 14.8. The van der Waals surface area contributed by atoms with Gasteiger partial charge in [0, 0.05) is 17.9 Å². The monoisotopic (exact) mass is 373 g/mol. The number of rotatable bonds is 4. The average molecular weight is 373 g/mol. The first-order chi connectivity index (χ1) is 12.3. The van der Waals surface area contributed by atoms with Gasteiger partial charge in [0.25, 0.3) is 0 Å². The van der Waals surface area contributed by atoms with Crippen LogP contribution in [0, 0.1) is 6.92 Å². The Hall–Kier alpha value is -2.38. The first kappa shape index (κ1) is 18.4. The molecule has 0 bridgehead atoms. The smallest absolute Gasteiger partial charge is 0.246 e. The molecule has 0 aliphatic carbocycles. The Morgan fingerprint density at radius 3 is 2.54 bits per heavy atom. The molecule has 0 aromatic heterocycles. The van der Waals surface area contributed by atoms with E-state index in [1.807, 2.05) is 6.92 Å². The van der Waals surface area contributed by atoms with Crippen LogP contribution < -0.4 is 15.4 Å². The highest BCUT2D eigenvalue weighted by Gasteiger charge is 2.26. The van der Waals surface area contributed by atoms with Gasteiger partial charge in [0.1, 0.15) is 6.04 Å². The highest BCUT2D eigenvalue weighted by atomic mass is 32.2. The topological polar surface area (TPSA) is 92.5 Å². The molecule has 3 rings (SSSR count). The van der Waals surface area contributed by atoms with E-state index in [1.54, 1.807) is 0 Å². The lowest BCUT2D eigenvalue weighted by molar-refractivity contribution is -0.117. The number of aryl methyl sites for hydroxylation is 2. The third kappa shape index (κ3) is 3.89. The van der Waals surface area contributed by atoms with Crippen molar-refractivity contribution >= 4 is 27.3 Å². The van der Waals surface area contributed by atoms with Gasteiger partial charge >= 0.3 is 0 Å². The van der Waals surface area contributed by atoms with Gasteiger partial charge in [-0.3, -0.25) is 4.79 Å². The normalized spacial score (nSPS) is 15.3. The number of nitrogens with one attached hydrogen (secondary N) is 1. The highest BCUT2D eigenvalue weighted by Crippen LogP contribution is 2.29. The number of primary sulfonamides is 1. The van der Waals surface area contributed by atoms with Gasteiger partial charge in [0.15, 0.2) is 0 Å². The van der Waals surface area contributed by atoms with E-state index in [1.165, 1.54) is 35.4 Å². The quantitative estimate of drug-likeness (QED) is 0.861. The van der Waals surface area contributed by atoms with Crippen molar-refractivity contribution in [3.05, 3.63) is 53.6 Å². The van der Waals surface area contributed by atoms with Crippen LogP contribution >= 0.6 is 0 Å². The molecule has 0 spiro atoms. The van der Waals surface area contributed by atoms with E-state index in [0.717, 1.165) is 25.1 Å². The fourth-order valence-corrected chi connectivity index (χ4v) is 3.79. The lowest BCUT2D eigenvalue weighted by Gasteiger charge is -2.35. The van der Waals surface area contributed by atoms with Gasteiger partial charge in [-0.05, 0) is 62.6 Å². The number of nitrogens with two attached hydrogens (primary N) is 1. The van der Waals surface area contributed by atoms with E-state index in [9.17, 15) is 13.2 Å². The minimum Gasteiger partial charge on any atom is -0.360 e. The van der Waals surface area contributed by atoms with Crippen molar-refractivity contribution in [3.8, 4) is 0 Å². The number of sulfonamides is 1. The fraction of sp³-hybridized carbons (Fsp3) is 0.316. The Morgan fingerprint density at radius 2 is 1.88 bits per heavy atom. The SMILES string of the molecule is Cc1ccc2c(c1)CCCN2[C@H](C)C(=O)Nc1ccc(S(N)(=O)=O)cc1. The number of anilines is 2. The Kier molecular flexibility index (Phi) is 5.02. The van der Waals surface area contributed by atoms with Crippen molar-refractivity contribution in [2.75, 3.05) is 16.8 Å². The zero-order valence-corrected chi connectivity index (χ0v) is 15.7. The number of hydrogen-bond acceptors (Lipinski definition) is 4. The van der Waals surface area contributed by atoms with E-state index >= 15 is 0 Å². The summed E-state index contributed by atoms with van der Waals surface area (Å²) in [6.45, 7) is 4.78. The molecule has 0 radical (unpaired) electrons. The summed E-state index contributed by atoms with van der Waals surface area (Å²) < 4.78 is 22.6. The standard InChI is InChI=1S/C19H23N3O3S/c1-13-5-10-18-15(12-13)4-3-11-22(18)14(2)19(23)21-16-6-8-17(9-7-16)26(20,24)25/h5-10,12,14H,3-4,11H2,1-2H3,(H,21,23)(H2,20,24,25)/t14-/m1/s1. The van der Waals surface area contributed by atoms with E-state index in [2.05, 4.69) is 35.3 Å². The maximum absolute atomic E-state index is 12.7. The Labute approximate surface area is 154 Å². The van der Waals surface area contributed by atoms with Gasteiger partial charge in [-0.2, -0.15) is 0 Å². The fourth-order valence-electron chi connectivity index (χ4n) is 3.27. The second-order valence-corrected chi connectivity index (χ2v) is 8.23. The molecule has 0 fully saturated rings. The molecule has 1 atom stereocenters. The zero-order chi connectivity index (χ0) is 18.9. The lowest BCUT2D eigenvalue weighted by Crippen LogP contribution is -2.44. The first-order valence-electron chi connectivity index (χ1n) is 8.55. The van der Waals surface area contributed by atoms with Gasteiger partial charge in [-0.25, -0.2) is 13.6 Å². The number of carbonyl (C=O) groups is 1. The predicted molar refractivity (Wildman–Crippen MR) is 103 cm³/mol. The summed E-state index contributed by atoms with van der Waals surface area (Å²) in [6, 6.07) is 11.8. The largest absolute Gasteiger partial charge is 0.360 e. The molecular formula is C19H23N3O3S. The second kappa shape index (κ2) is 7.09. The Balaban J connectivity index is 1.75. The molecule has 0 saturated heterocycles. The predicted octanol–water partition coefficient (Wildman–Crippen LogP) is 2.42. The van der Waals surface area contributed by atoms with E-state index < -0.39 is 10.0 Å². The van der Waals surface area contributed by atoms with Crippen molar-refractivity contribution in [1.82, 2.24) is 0 Å². The third-order valence-electron chi connectivity index (χ3n) is 4.69. The molecule has 1 heterocycles. The highest BCUT2D eigenvalue weighted by molar-refractivity contribution is 7.89. The van der Waals surface area contributed by atoms with E-state index in [4.69, 9.17) is 5.14 Å². The van der Waals surface area contributed by atoms with Gasteiger partial charge < -0.3 is 10.2 Å². The van der Waals surface area contributed by atoms with Crippen LogP contribution in [0.5, 0.6) is 0 Å². The number of amides is 1. The molecule has 6 nitrogen and oxygen atoms in total. The van der Waals surface area contributed by atoms with Crippen LogP contribution in [0.15, 0.2) is 47.4 Å². The molecular weight excluding hydrogens is 350 g/mol. The van der Waals surface area contributed by atoms with Crippen LogP contribution in [0.2, 0.25) is 0 Å². The summed E-state index contributed by atoms with van der Waals surface area (Å²) >= 11 is 0. The minimum absolute atomic E-state index is 0.0175. The molecule has 138 valence electrons. The summed E-state index contributed by atoms with van der Waals surface area (Å²) in [5, 5.41) is 7.93. The molecule has 26 heavy (non-hydrogen) atoms. The number of carbonyl (C=O) groups excluding carboxylic acids is 1. The summed E-state index contributed by atoms with van der Waals surface area (Å²) in [6.07, 6.45) is 2.04. The molecule has 1 aliphatic rings. The lowest BCUT2D eigenvalue weighted by atomic mass is 9.98. The number of hydrogen-bond donors (Lipinski definition) is 2. The maximum Gasteiger partial charge on any atom is 0.246 e. The summed E-state index contributed by atoms with van der Waals surface area (Å²) in [7, 11) is -3.74. The van der Waals surface area contributed by atoms with Crippen molar-refractivity contribution in [1.29, 1.82) is 0 Å². The van der Waals surface area contributed by atoms with Crippen molar-refractivity contribution in [2.24, 2.45) is 5.14 Å². The van der Waals surface area contributed by atoms with E-state index in [0.29, 0.717) is 5.69 Å². The Morgan fingerprint density at radius 1 is 1.19 bits per heavy atom. The van der Waals surface area contributed by atoms with Crippen LogP contribution in [0.4, 0.5) is 11.4 Å². The molecule has 2 aromatic rings. The van der Waals surface area contributed by atoms with Gasteiger partial charge in [0.05, 0.1) is 4.90 Å².